The second kappa shape index (κ2) is 6.91. The van der Waals surface area contributed by atoms with Crippen LogP contribution in [0, 0.1) is 17.0 Å². The summed E-state index contributed by atoms with van der Waals surface area (Å²) in [6.07, 6.45) is 0. The molecule has 0 fully saturated rings. The highest BCUT2D eigenvalue weighted by Gasteiger charge is 2.13. The number of nitrogens with zero attached hydrogens (tertiary/aromatic N) is 1. The van der Waals surface area contributed by atoms with Crippen molar-refractivity contribution in [3.8, 4) is 0 Å². The first-order chi connectivity index (χ1) is 10.5. The Bertz CT molecular complexity index is 719. The number of anilines is 1. The van der Waals surface area contributed by atoms with Crippen molar-refractivity contribution in [2.24, 2.45) is 0 Å². The minimum Gasteiger partial charge on any atom is -0.334 e. The fourth-order valence-corrected chi connectivity index (χ4v) is 2.08. The summed E-state index contributed by atoms with van der Waals surface area (Å²) in [6.45, 7) is 2.33. The van der Waals surface area contributed by atoms with E-state index < -0.39 is 11.0 Å². The predicted molar refractivity (Wildman–Crippen MR) is 85.1 cm³/mol. The van der Waals surface area contributed by atoms with Crippen LogP contribution in [0.25, 0.3) is 0 Å². The quantitative estimate of drug-likeness (QED) is 0.662. The summed E-state index contributed by atoms with van der Waals surface area (Å²) < 4.78 is 0. The SMILES string of the molecule is Cc1ccccc1CNC(=O)Nc1ccc(Cl)c([N+](=O)[O-])c1. The van der Waals surface area contributed by atoms with E-state index in [9.17, 15) is 14.9 Å². The Balaban J connectivity index is 1.99. The molecular weight excluding hydrogens is 306 g/mol. The average molecular weight is 320 g/mol. The van der Waals surface area contributed by atoms with Gasteiger partial charge in [0.15, 0.2) is 0 Å². The van der Waals surface area contributed by atoms with Crippen LogP contribution < -0.4 is 10.6 Å². The van der Waals surface area contributed by atoms with Gasteiger partial charge in [0.2, 0.25) is 0 Å². The summed E-state index contributed by atoms with van der Waals surface area (Å²) in [5.41, 5.74) is 2.13. The van der Waals surface area contributed by atoms with E-state index in [4.69, 9.17) is 11.6 Å². The number of nitro groups is 1. The smallest absolute Gasteiger partial charge is 0.319 e. The van der Waals surface area contributed by atoms with Crippen molar-refractivity contribution in [2.45, 2.75) is 13.5 Å². The number of aryl methyl sites for hydroxylation is 1. The number of hydrogen-bond donors (Lipinski definition) is 2. The molecule has 2 aromatic carbocycles. The maximum absolute atomic E-state index is 11.8. The zero-order valence-electron chi connectivity index (χ0n) is 11.8. The van der Waals surface area contributed by atoms with Crippen molar-refractivity contribution in [2.75, 3.05) is 5.32 Å². The minimum absolute atomic E-state index is 0.0240. The van der Waals surface area contributed by atoms with Crippen LogP contribution in [0.15, 0.2) is 42.5 Å². The van der Waals surface area contributed by atoms with Gasteiger partial charge in [-0.3, -0.25) is 10.1 Å². The molecule has 0 aromatic heterocycles. The molecule has 6 nitrogen and oxygen atoms in total. The molecular formula is C15H14ClN3O3. The van der Waals surface area contributed by atoms with Crippen LogP contribution in [0.1, 0.15) is 11.1 Å². The highest BCUT2D eigenvalue weighted by Crippen LogP contribution is 2.27. The van der Waals surface area contributed by atoms with E-state index >= 15 is 0 Å². The third kappa shape index (κ3) is 3.95. The molecule has 2 amide bonds. The monoisotopic (exact) mass is 319 g/mol. The lowest BCUT2D eigenvalue weighted by molar-refractivity contribution is -0.384. The number of carbonyl (C=O) groups excluding carboxylic acids is 1. The Kier molecular flexibility index (Phi) is 4.95. The van der Waals surface area contributed by atoms with Crippen molar-refractivity contribution in [3.05, 3.63) is 68.7 Å². The molecule has 114 valence electrons. The lowest BCUT2D eigenvalue weighted by Gasteiger charge is -2.09. The number of benzene rings is 2. The van der Waals surface area contributed by atoms with Crippen LogP contribution in [-0.2, 0) is 6.54 Å². The summed E-state index contributed by atoms with van der Waals surface area (Å²) >= 11 is 5.72. The van der Waals surface area contributed by atoms with E-state index in [0.717, 1.165) is 11.1 Å². The first-order valence-corrected chi connectivity index (χ1v) is 6.88. The van der Waals surface area contributed by atoms with Crippen molar-refractivity contribution in [3.63, 3.8) is 0 Å². The summed E-state index contributed by atoms with van der Waals surface area (Å²) in [5.74, 6) is 0. The molecule has 0 aliphatic carbocycles. The molecule has 7 heteroatoms. The van der Waals surface area contributed by atoms with Crippen LogP contribution in [-0.4, -0.2) is 11.0 Å². The van der Waals surface area contributed by atoms with Gasteiger partial charge in [-0.15, -0.1) is 0 Å². The van der Waals surface area contributed by atoms with Crippen molar-refractivity contribution in [1.82, 2.24) is 5.32 Å². The number of carbonyl (C=O) groups is 1. The topological polar surface area (TPSA) is 84.3 Å². The molecule has 22 heavy (non-hydrogen) atoms. The van der Waals surface area contributed by atoms with Crippen LogP contribution in [0.4, 0.5) is 16.2 Å². The normalized spacial score (nSPS) is 10.1. The number of rotatable bonds is 4. The number of amides is 2. The molecule has 0 atom stereocenters. The van der Waals surface area contributed by atoms with E-state index in [0.29, 0.717) is 12.2 Å². The van der Waals surface area contributed by atoms with Gasteiger partial charge >= 0.3 is 6.03 Å². The highest BCUT2D eigenvalue weighted by molar-refractivity contribution is 6.32. The third-order valence-electron chi connectivity index (χ3n) is 3.10. The standard InChI is InChI=1S/C15H14ClN3O3/c1-10-4-2-3-5-11(10)9-17-15(20)18-12-6-7-13(16)14(8-12)19(21)22/h2-8H,9H2,1H3,(H2,17,18,20). The van der Waals surface area contributed by atoms with E-state index in [-0.39, 0.29) is 10.7 Å². The van der Waals surface area contributed by atoms with Gasteiger partial charge in [0.25, 0.3) is 5.69 Å². The Morgan fingerprint density at radius 1 is 1.27 bits per heavy atom. The lowest BCUT2D eigenvalue weighted by Crippen LogP contribution is -2.28. The van der Waals surface area contributed by atoms with Gasteiger partial charge in [0, 0.05) is 18.3 Å². The van der Waals surface area contributed by atoms with E-state index in [2.05, 4.69) is 10.6 Å². The van der Waals surface area contributed by atoms with Gasteiger partial charge in [-0.2, -0.15) is 0 Å². The van der Waals surface area contributed by atoms with Crippen LogP contribution in [0.5, 0.6) is 0 Å². The summed E-state index contributed by atoms with van der Waals surface area (Å²) in [5, 5.41) is 16.1. The maximum Gasteiger partial charge on any atom is 0.319 e. The lowest BCUT2D eigenvalue weighted by atomic mass is 10.1. The number of urea groups is 1. The van der Waals surface area contributed by atoms with Crippen molar-refractivity contribution >= 4 is 29.0 Å². The molecule has 0 aliphatic heterocycles. The van der Waals surface area contributed by atoms with Crippen LogP contribution in [0.3, 0.4) is 0 Å². The molecule has 0 spiro atoms. The zero-order chi connectivity index (χ0) is 16.1. The fraction of sp³-hybridized carbons (Fsp3) is 0.133. The summed E-state index contributed by atoms with van der Waals surface area (Å²) in [4.78, 5) is 22.0. The molecule has 0 bridgehead atoms. The Hall–Kier alpha value is -2.60. The number of nitrogens with one attached hydrogen (secondary N) is 2. The van der Waals surface area contributed by atoms with Crippen LogP contribution in [0.2, 0.25) is 5.02 Å². The molecule has 0 saturated heterocycles. The number of halogens is 1. The van der Waals surface area contributed by atoms with Gasteiger partial charge in [0.05, 0.1) is 4.92 Å². The number of hydrogen-bond acceptors (Lipinski definition) is 3. The molecule has 0 heterocycles. The fourth-order valence-electron chi connectivity index (χ4n) is 1.89. The predicted octanol–water partition coefficient (Wildman–Crippen LogP) is 3.88. The van der Waals surface area contributed by atoms with Gasteiger partial charge in [-0.05, 0) is 30.2 Å². The van der Waals surface area contributed by atoms with Gasteiger partial charge < -0.3 is 10.6 Å². The molecule has 0 unspecified atom stereocenters. The first kappa shape index (κ1) is 15.8. The first-order valence-electron chi connectivity index (χ1n) is 6.50. The van der Waals surface area contributed by atoms with Crippen LogP contribution >= 0.6 is 11.6 Å². The van der Waals surface area contributed by atoms with Gasteiger partial charge in [0.1, 0.15) is 5.02 Å². The maximum atomic E-state index is 11.8. The molecule has 2 rings (SSSR count). The average Bonchev–Trinajstić information content (AvgIpc) is 2.48. The van der Waals surface area contributed by atoms with Gasteiger partial charge in [-0.1, -0.05) is 35.9 Å². The minimum atomic E-state index is -0.598. The highest BCUT2D eigenvalue weighted by atomic mass is 35.5. The van der Waals surface area contributed by atoms with E-state index in [1.807, 2.05) is 31.2 Å². The van der Waals surface area contributed by atoms with E-state index in [1.165, 1.54) is 18.2 Å². The molecule has 2 aromatic rings. The molecule has 0 radical (unpaired) electrons. The van der Waals surface area contributed by atoms with Crippen molar-refractivity contribution < 1.29 is 9.72 Å². The number of nitro benzene ring substituents is 1. The second-order valence-corrected chi connectivity index (χ2v) is 5.06. The van der Waals surface area contributed by atoms with E-state index in [1.54, 1.807) is 0 Å². The van der Waals surface area contributed by atoms with Gasteiger partial charge in [-0.25, -0.2) is 4.79 Å². The third-order valence-corrected chi connectivity index (χ3v) is 3.42. The summed E-state index contributed by atoms with van der Waals surface area (Å²) in [7, 11) is 0. The molecule has 0 aliphatic rings. The second-order valence-electron chi connectivity index (χ2n) is 4.66. The Morgan fingerprint density at radius 2 is 2.00 bits per heavy atom. The molecule has 0 saturated carbocycles. The molecule has 2 N–H and O–H groups in total. The Labute approximate surface area is 132 Å². The largest absolute Gasteiger partial charge is 0.334 e. The van der Waals surface area contributed by atoms with Crippen molar-refractivity contribution in [1.29, 1.82) is 0 Å². The summed E-state index contributed by atoms with van der Waals surface area (Å²) in [6, 6.07) is 11.3. The zero-order valence-corrected chi connectivity index (χ0v) is 12.6. The Morgan fingerprint density at radius 3 is 2.68 bits per heavy atom.